The topological polar surface area (TPSA) is 94.8 Å². The van der Waals surface area contributed by atoms with Crippen LogP contribution in [0.15, 0.2) is 23.8 Å². The molecule has 3 fully saturated rings. The van der Waals surface area contributed by atoms with Crippen LogP contribution in [0.2, 0.25) is 0 Å². The fraction of sp³-hybridized carbons (Fsp3) is 0.739. The molecule has 7 atom stereocenters. The molecule has 3 saturated carbocycles. The van der Waals surface area contributed by atoms with E-state index in [9.17, 15) is 24.9 Å². The van der Waals surface area contributed by atoms with E-state index in [0.29, 0.717) is 25.7 Å². The minimum Gasteiger partial charge on any atom is -0.390 e. The number of hydrogen-bond donors (Lipinski definition) is 3. The van der Waals surface area contributed by atoms with E-state index in [2.05, 4.69) is 13.0 Å². The van der Waals surface area contributed by atoms with Gasteiger partial charge in [0.05, 0.1) is 23.7 Å². The second-order valence-electron chi connectivity index (χ2n) is 10.4. The number of rotatable bonds is 2. The highest BCUT2D eigenvalue weighted by atomic mass is 16.3. The maximum Gasteiger partial charge on any atom is 0.222 e. The minimum absolute atomic E-state index is 0.0117. The summed E-state index contributed by atoms with van der Waals surface area (Å²) < 4.78 is 0. The Morgan fingerprint density at radius 2 is 1.82 bits per heavy atom. The van der Waals surface area contributed by atoms with Crippen LogP contribution in [0, 0.1) is 28.6 Å². The number of ketones is 2. The van der Waals surface area contributed by atoms with Crippen LogP contribution in [-0.4, -0.2) is 44.7 Å². The molecular weight excluding hydrogens is 356 g/mol. The van der Waals surface area contributed by atoms with Crippen LogP contribution in [0.5, 0.6) is 0 Å². The largest absolute Gasteiger partial charge is 0.390 e. The SMILES string of the molecule is CC1(CC2CC2)CCC23C4C(=O)C(=O)C=CC4=CC1CC2(O)CCC(O)C3O. The molecule has 0 amide bonds. The fourth-order valence-corrected chi connectivity index (χ4v) is 6.99. The fourth-order valence-electron chi connectivity index (χ4n) is 6.99. The average Bonchev–Trinajstić information content (AvgIpc) is 3.46. The summed E-state index contributed by atoms with van der Waals surface area (Å²) in [7, 11) is 0. The van der Waals surface area contributed by atoms with Crippen molar-refractivity contribution in [1.29, 1.82) is 0 Å². The summed E-state index contributed by atoms with van der Waals surface area (Å²) in [6.45, 7) is 2.28. The van der Waals surface area contributed by atoms with Gasteiger partial charge in [0.25, 0.3) is 0 Å². The van der Waals surface area contributed by atoms with Gasteiger partial charge in [-0.05, 0) is 67.4 Å². The van der Waals surface area contributed by atoms with Crippen molar-refractivity contribution in [2.45, 2.75) is 76.1 Å². The predicted molar refractivity (Wildman–Crippen MR) is 102 cm³/mol. The molecule has 0 saturated heterocycles. The van der Waals surface area contributed by atoms with Gasteiger partial charge < -0.3 is 15.3 Å². The third kappa shape index (κ3) is 2.36. The quantitative estimate of drug-likeness (QED) is 0.632. The Bertz CT molecular complexity index is 795. The minimum atomic E-state index is -1.26. The molecular formula is C23H30O5. The van der Waals surface area contributed by atoms with Crippen molar-refractivity contribution in [3.8, 4) is 0 Å². The molecule has 152 valence electrons. The summed E-state index contributed by atoms with van der Waals surface area (Å²) in [5.74, 6) is -1.17. The van der Waals surface area contributed by atoms with Crippen molar-refractivity contribution in [3.05, 3.63) is 23.8 Å². The molecule has 28 heavy (non-hydrogen) atoms. The van der Waals surface area contributed by atoms with E-state index in [1.165, 1.54) is 18.9 Å². The number of carbonyl (C=O) groups is 2. The third-order valence-corrected chi connectivity index (χ3v) is 8.80. The number of carbonyl (C=O) groups excluding carboxylic acids is 2. The van der Waals surface area contributed by atoms with Gasteiger partial charge >= 0.3 is 0 Å². The zero-order chi connectivity index (χ0) is 19.9. The number of Topliss-reactive ketones (excluding diaryl/α,β-unsaturated/α-hetero) is 1. The molecule has 5 heteroatoms. The Balaban J connectivity index is 1.73. The van der Waals surface area contributed by atoms with Gasteiger partial charge in [0.2, 0.25) is 11.6 Å². The van der Waals surface area contributed by atoms with Gasteiger partial charge in [-0.2, -0.15) is 0 Å². The van der Waals surface area contributed by atoms with E-state index in [4.69, 9.17) is 0 Å². The highest BCUT2D eigenvalue weighted by Crippen LogP contribution is 2.65. The first kappa shape index (κ1) is 18.7. The molecule has 5 rings (SSSR count). The molecule has 5 nitrogen and oxygen atoms in total. The molecule has 7 unspecified atom stereocenters. The smallest absolute Gasteiger partial charge is 0.222 e. The second kappa shape index (κ2) is 5.87. The first-order valence-electron chi connectivity index (χ1n) is 10.8. The predicted octanol–water partition coefficient (Wildman–Crippen LogP) is 2.09. The van der Waals surface area contributed by atoms with Crippen molar-refractivity contribution in [2.75, 3.05) is 0 Å². The van der Waals surface area contributed by atoms with E-state index in [0.717, 1.165) is 24.3 Å². The van der Waals surface area contributed by atoms with E-state index >= 15 is 0 Å². The van der Waals surface area contributed by atoms with Crippen LogP contribution in [-0.2, 0) is 9.59 Å². The molecule has 3 N–H and O–H groups in total. The van der Waals surface area contributed by atoms with Gasteiger partial charge in [0, 0.05) is 5.41 Å². The molecule has 0 aromatic carbocycles. The lowest BCUT2D eigenvalue weighted by atomic mass is 9.50. The zero-order valence-corrected chi connectivity index (χ0v) is 16.4. The van der Waals surface area contributed by atoms with Crippen LogP contribution in [0.25, 0.3) is 0 Å². The lowest BCUT2D eigenvalue weighted by molar-refractivity contribution is -0.226. The number of aliphatic hydroxyl groups is 3. The molecule has 0 aromatic rings. The average molecular weight is 386 g/mol. The Labute approximate surface area is 165 Å². The molecule has 0 aromatic heterocycles. The van der Waals surface area contributed by atoms with Gasteiger partial charge in [-0.15, -0.1) is 0 Å². The molecule has 0 radical (unpaired) electrons. The van der Waals surface area contributed by atoms with Crippen LogP contribution < -0.4 is 0 Å². The van der Waals surface area contributed by atoms with Gasteiger partial charge in [-0.1, -0.05) is 31.9 Å². The standard InChI is InChI=1S/C23H30O5/c1-21(11-13-2-3-13)8-9-23-18-14(4-5-16(24)19(18)26)10-15(21)12-22(23,28)7-6-17(25)20(23)27/h4-5,10,13,15,17-18,20,25,27-28H,2-3,6-9,11-12H2,1H3. The van der Waals surface area contributed by atoms with Crippen LogP contribution in [0.3, 0.4) is 0 Å². The summed E-state index contributed by atoms with van der Waals surface area (Å²) in [5.41, 5.74) is -1.73. The summed E-state index contributed by atoms with van der Waals surface area (Å²) in [4.78, 5) is 25.3. The Kier molecular flexibility index (Phi) is 3.92. The van der Waals surface area contributed by atoms with E-state index in [1.54, 1.807) is 6.08 Å². The van der Waals surface area contributed by atoms with E-state index < -0.39 is 40.7 Å². The van der Waals surface area contributed by atoms with Crippen molar-refractivity contribution >= 4 is 11.6 Å². The third-order valence-electron chi connectivity index (χ3n) is 8.80. The molecule has 0 spiro atoms. The number of hydrogen-bond acceptors (Lipinski definition) is 5. The van der Waals surface area contributed by atoms with Gasteiger partial charge in [0.1, 0.15) is 0 Å². The maximum absolute atomic E-state index is 13.1. The second-order valence-corrected chi connectivity index (χ2v) is 10.4. The van der Waals surface area contributed by atoms with Crippen molar-refractivity contribution in [1.82, 2.24) is 0 Å². The molecule has 5 aliphatic carbocycles. The highest BCUT2D eigenvalue weighted by Gasteiger charge is 2.69. The monoisotopic (exact) mass is 386 g/mol. The lowest BCUT2D eigenvalue weighted by Gasteiger charge is -2.57. The van der Waals surface area contributed by atoms with E-state index in [-0.39, 0.29) is 11.3 Å². The van der Waals surface area contributed by atoms with Gasteiger partial charge in [-0.25, -0.2) is 0 Å². The van der Waals surface area contributed by atoms with Gasteiger partial charge in [-0.3, -0.25) is 9.59 Å². The van der Waals surface area contributed by atoms with Crippen LogP contribution in [0.1, 0.15) is 58.3 Å². The number of aliphatic hydroxyl groups excluding tert-OH is 2. The van der Waals surface area contributed by atoms with E-state index in [1.807, 2.05) is 0 Å². The Morgan fingerprint density at radius 3 is 2.54 bits per heavy atom. The first-order valence-corrected chi connectivity index (χ1v) is 10.8. The zero-order valence-electron chi connectivity index (χ0n) is 16.4. The Morgan fingerprint density at radius 1 is 1.07 bits per heavy atom. The van der Waals surface area contributed by atoms with Crippen molar-refractivity contribution < 1.29 is 24.9 Å². The molecule has 5 aliphatic rings. The highest BCUT2D eigenvalue weighted by molar-refractivity contribution is 6.44. The normalized spacial score (nSPS) is 50.5. The summed E-state index contributed by atoms with van der Waals surface area (Å²) in [6.07, 6.45) is 8.93. The molecule has 2 bridgehead atoms. The Hall–Kier alpha value is -1.30. The van der Waals surface area contributed by atoms with Crippen LogP contribution >= 0.6 is 0 Å². The first-order chi connectivity index (χ1) is 13.2. The summed E-state index contributed by atoms with van der Waals surface area (Å²) in [5, 5.41) is 33.8. The molecule has 0 heterocycles. The van der Waals surface area contributed by atoms with Crippen molar-refractivity contribution in [2.24, 2.45) is 28.6 Å². The van der Waals surface area contributed by atoms with Crippen molar-refractivity contribution in [3.63, 3.8) is 0 Å². The van der Waals surface area contributed by atoms with Gasteiger partial charge in [0.15, 0.2) is 0 Å². The summed E-state index contributed by atoms with van der Waals surface area (Å²) >= 11 is 0. The number of fused-ring (bicyclic) bond motifs is 2. The van der Waals surface area contributed by atoms with Crippen LogP contribution in [0.4, 0.5) is 0 Å². The summed E-state index contributed by atoms with van der Waals surface area (Å²) in [6, 6.07) is 0. The number of allylic oxidation sites excluding steroid dienone is 4. The molecule has 0 aliphatic heterocycles. The maximum atomic E-state index is 13.1. The lowest BCUT2D eigenvalue weighted by Crippen LogP contribution is -2.66.